The smallest absolute Gasteiger partial charge is 0.331 e. The first kappa shape index (κ1) is 7.28. The molecule has 1 aliphatic rings. The molecule has 0 unspecified atom stereocenters. The van der Waals surface area contributed by atoms with Gasteiger partial charge in [-0.25, -0.2) is 4.79 Å². The molecular weight excluding hydrogens is 132 g/mol. The molecule has 0 aromatic heterocycles. The van der Waals surface area contributed by atoms with Gasteiger partial charge in [-0.1, -0.05) is 0 Å². The van der Waals surface area contributed by atoms with Gasteiger partial charge in [0.25, 0.3) is 0 Å². The second-order valence-corrected chi connectivity index (χ2v) is 2.32. The molecule has 0 aromatic rings. The van der Waals surface area contributed by atoms with Gasteiger partial charge < -0.3 is 9.84 Å². The lowest BCUT2D eigenvalue weighted by atomic mass is 9.89. The Labute approximate surface area is 59.3 Å². The Balaban J connectivity index is 2.58. The van der Waals surface area contributed by atoms with Gasteiger partial charge in [-0.2, -0.15) is 0 Å². The van der Waals surface area contributed by atoms with Gasteiger partial charge in [0.1, 0.15) is 0 Å². The van der Waals surface area contributed by atoms with Crippen LogP contribution in [0.5, 0.6) is 0 Å². The van der Waals surface area contributed by atoms with Crippen molar-refractivity contribution in [2.45, 2.75) is 12.8 Å². The van der Waals surface area contributed by atoms with E-state index in [1.165, 1.54) is 0 Å². The van der Waals surface area contributed by atoms with E-state index in [0.29, 0.717) is 18.6 Å². The molecule has 1 rings (SSSR count). The van der Waals surface area contributed by atoms with Crippen molar-refractivity contribution < 1.29 is 14.6 Å². The van der Waals surface area contributed by atoms with Gasteiger partial charge >= 0.3 is 5.97 Å². The minimum atomic E-state index is -0.793. The molecule has 0 fully saturated rings. The Hall–Kier alpha value is -0.830. The van der Waals surface area contributed by atoms with E-state index in [9.17, 15) is 4.79 Å². The van der Waals surface area contributed by atoms with E-state index in [-0.39, 0.29) is 0 Å². The Morgan fingerprint density at radius 1 is 1.70 bits per heavy atom. The lowest BCUT2D eigenvalue weighted by molar-refractivity contribution is -0.133. The summed E-state index contributed by atoms with van der Waals surface area (Å²) in [7, 11) is 1.57. The molecule has 0 amide bonds. The van der Waals surface area contributed by atoms with Crippen LogP contribution in [0.15, 0.2) is 11.1 Å². The van der Waals surface area contributed by atoms with Crippen LogP contribution in [0.3, 0.4) is 0 Å². The predicted octanol–water partition coefficient (Wildman–Crippen LogP) is 0.808. The molecule has 0 radical (unpaired) electrons. The van der Waals surface area contributed by atoms with Gasteiger partial charge in [-0.05, 0) is 18.4 Å². The van der Waals surface area contributed by atoms with Crippen LogP contribution in [0.2, 0.25) is 0 Å². The number of rotatable bonds is 3. The van der Waals surface area contributed by atoms with Gasteiger partial charge in [0.05, 0.1) is 6.61 Å². The fourth-order valence-electron chi connectivity index (χ4n) is 1.02. The lowest BCUT2D eigenvalue weighted by Gasteiger charge is -2.19. The molecule has 0 saturated heterocycles. The average molecular weight is 142 g/mol. The molecule has 1 aliphatic carbocycles. The maximum Gasteiger partial charge on any atom is 0.331 e. The van der Waals surface area contributed by atoms with E-state index in [4.69, 9.17) is 9.84 Å². The van der Waals surface area contributed by atoms with Crippen LogP contribution in [-0.4, -0.2) is 24.8 Å². The molecule has 0 heterocycles. The Morgan fingerprint density at radius 2 is 2.40 bits per heavy atom. The van der Waals surface area contributed by atoms with Crippen LogP contribution in [0.4, 0.5) is 0 Å². The van der Waals surface area contributed by atoms with E-state index in [1.807, 2.05) is 0 Å². The van der Waals surface area contributed by atoms with Crippen molar-refractivity contribution in [3.8, 4) is 0 Å². The zero-order valence-electron chi connectivity index (χ0n) is 5.89. The van der Waals surface area contributed by atoms with Crippen LogP contribution in [0, 0.1) is 0 Å². The molecule has 10 heavy (non-hydrogen) atoms. The highest BCUT2D eigenvalue weighted by molar-refractivity contribution is 5.89. The van der Waals surface area contributed by atoms with Crippen LogP contribution >= 0.6 is 0 Å². The van der Waals surface area contributed by atoms with E-state index < -0.39 is 5.97 Å². The fourth-order valence-corrected chi connectivity index (χ4v) is 1.02. The number of carboxylic acid groups (broad SMARTS) is 1. The van der Waals surface area contributed by atoms with Crippen molar-refractivity contribution in [2.24, 2.45) is 0 Å². The average Bonchev–Trinajstić information content (AvgIpc) is 1.78. The van der Waals surface area contributed by atoms with Gasteiger partial charge in [0.2, 0.25) is 0 Å². The molecule has 56 valence electrons. The first-order chi connectivity index (χ1) is 4.75. The maximum atomic E-state index is 10.4. The monoisotopic (exact) mass is 142 g/mol. The molecule has 0 aromatic carbocycles. The first-order valence-electron chi connectivity index (χ1n) is 3.19. The van der Waals surface area contributed by atoms with E-state index in [0.717, 1.165) is 12.0 Å². The number of aliphatic carboxylic acids is 1. The van der Waals surface area contributed by atoms with E-state index >= 15 is 0 Å². The molecular formula is C7H10O3. The van der Waals surface area contributed by atoms with Crippen molar-refractivity contribution in [3.63, 3.8) is 0 Å². The Bertz CT molecular complexity index is 181. The Kier molecular flexibility index (Phi) is 2.06. The summed E-state index contributed by atoms with van der Waals surface area (Å²) in [6, 6.07) is 0. The molecule has 0 saturated carbocycles. The summed E-state index contributed by atoms with van der Waals surface area (Å²) in [5.41, 5.74) is 1.48. The van der Waals surface area contributed by atoms with E-state index in [1.54, 1.807) is 7.11 Å². The minimum Gasteiger partial charge on any atom is -0.478 e. The fraction of sp³-hybridized carbons (Fsp3) is 0.571. The first-order valence-corrected chi connectivity index (χ1v) is 3.19. The number of hydrogen-bond acceptors (Lipinski definition) is 2. The number of hydrogen-bond donors (Lipinski definition) is 1. The summed E-state index contributed by atoms with van der Waals surface area (Å²) >= 11 is 0. The largest absolute Gasteiger partial charge is 0.478 e. The van der Waals surface area contributed by atoms with Crippen molar-refractivity contribution in [2.75, 3.05) is 13.7 Å². The number of carbonyl (C=O) groups is 1. The third-order valence-corrected chi connectivity index (χ3v) is 1.68. The second-order valence-electron chi connectivity index (χ2n) is 2.32. The maximum absolute atomic E-state index is 10.4. The van der Waals surface area contributed by atoms with Crippen molar-refractivity contribution >= 4 is 5.97 Å². The quantitative estimate of drug-likeness (QED) is 0.634. The summed E-state index contributed by atoms with van der Waals surface area (Å²) < 4.78 is 4.80. The predicted molar refractivity (Wildman–Crippen MR) is 35.8 cm³/mol. The molecule has 0 aliphatic heterocycles. The highest BCUT2D eigenvalue weighted by Crippen LogP contribution is 2.27. The number of ether oxygens (including phenoxy) is 1. The minimum absolute atomic E-state index is 0.474. The number of methoxy groups -OCH3 is 1. The van der Waals surface area contributed by atoms with Gasteiger partial charge in [-0.3, -0.25) is 0 Å². The normalized spacial score (nSPS) is 16.9. The van der Waals surface area contributed by atoms with Gasteiger partial charge in [-0.15, -0.1) is 0 Å². The molecule has 3 nitrogen and oxygen atoms in total. The third kappa shape index (κ3) is 1.19. The number of carboxylic acids is 1. The SMILES string of the molecule is COCC1=C(C(=O)O)CC1. The highest BCUT2D eigenvalue weighted by Gasteiger charge is 2.22. The molecule has 0 bridgehead atoms. The molecule has 0 atom stereocenters. The van der Waals surface area contributed by atoms with Gasteiger partial charge in [0.15, 0.2) is 0 Å². The Morgan fingerprint density at radius 3 is 2.70 bits per heavy atom. The summed E-state index contributed by atoms with van der Waals surface area (Å²) in [6.45, 7) is 0.474. The van der Waals surface area contributed by atoms with E-state index in [2.05, 4.69) is 0 Å². The van der Waals surface area contributed by atoms with Gasteiger partial charge in [0, 0.05) is 12.7 Å². The third-order valence-electron chi connectivity index (χ3n) is 1.68. The molecule has 0 spiro atoms. The molecule has 1 N–H and O–H groups in total. The van der Waals surface area contributed by atoms with Crippen LogP contribution in [0.25, 0.3) is 0 Å². The molecule has 3 heteroatoms. The summed E-state index contributed by atoms with van der Waals surface area (Å²) in [6.07, 6.45) is 1.59. The summed E-state index contributed by atoms with van der Waals surface area (Å²) in [5.74, 6) is -0.793. The zero-order chi connectivity index (χ0) is 7.56. The summed E-state index contributed by atoms with van der Waals surface area (Å²) in [5, 5.41) is 8.52. The van der Waals surface area contributed by atoms with Crippen molar-refractivity contribution in [3.05, 3.63) is 11.1 Å². The standard InChI is InChI=1S/C7H10O3/c1-10-4-5-2-3-6(5)7(8)9/h2-4H2,1H3,(H,8,9). The van der Waals surface area contributed by atoms with Crippen LogP contribution in [-0.2, 0) is 9.53 Å². The van der Waals surface area contributed by atoms with Crippen molar-refractivity contribution in [1.82, 2.24) is 0 Å². The van der Waals surface area contributed by atoms with Crippen molar-refractivity contribution in [1.29, 1.82) is 0 Å². The van der Waals surface area contributed by atoms with Crippen LogP contribution < -0.4 is 0 Å². The second kappa shape index (κ2) is 2.84. The zero-order valence-corrected chi connectivity index (χ0v) is 5.89. The lowest BCUT2D eigenvalue weighted by Crippen LogP contribution is -2.16. The highest BCUT2D eigenvalue weighted by atomic mass is 16.5. The van der Waals surface area contributed by atoms with Crippen LogP contribution in [0.1, 0.15) is 12.8 Å². The topological polar surface area (TPSA) is 46.5 Å². The summed E-state index contributed by atoms with van der Waals surface area (Å²) in [4.78, 5) is 10.4.